The largest absolute Gasteiger partial charge is 0.455 e. The first kappa shape index (κ1) is 29.3. The van der Waals surface area contributed by atoms with Crippen LogP contribution in [0.5, 0.6) is 0 Å². The van der Waals surface area contributed by atoms with E-state index in [0.29, 0.717) is 0 Å². The lowest BCUT2D eigenvalue weighted by atomic mass is 9.81. The van der Waals surface area contributed by atoms with E-state index in [1.54, 1.807) is 0 Å². The normalized spacial score (nSPS) is 13.3. The Hall–Kier alpha value is -6.44. The van der Waals surface area contributed by atoms with Crippen LogP contribution < -0.4 is 0 Å². The van der Waals surface area contributed by atoms with Crippen LogP contribution in [0, 0.1) is 0 Å². The van der Waals surface area contributed by atoms with Crippen LogP contribution in [-0.2, 0) is 5.41 Å². The quantitative estimate of drug-likeness (QED) is 0.172. The topological polar surface area (TPSA) is 13.1 Å². The van der Waals surface area contributed by atoms with Crippen LogP contribution in [0.4, 0.5) is 0 Å². The standard InChI is InChI=1S/C51H34O/c1-51(2)45-26-24-33(28-43(45)44-30-42-34(29-46(44)51)23-25-41-36-17-10-11-22-47(36)52-50(41)42)32-15-12-16-35(27-32)49-39-20-8-6-18-37(39)48(31-13-4-3-5-14-31)38-19-7-9-21-40(38)49/h3-30H,1-2H3. The number of furan rings is 1. The molecule has 0 bridgehead atoms. The zero-order valence-corrected chi connectivity index (χ0v) is 29.1. The molecule has 0 atom stereocenters. The van der Waals surface area contributed by atoms with Crippen molar-refractivity contribution in [3.63, 3.8) is 0 Å². The molecule has 0 radical (unpaired) electrons. The van der Waals surface area contributed by atoms with E-state index in [2.05, 4.69) is 178 Å². The van der Waals surface area contributed by atoms with Gasteiger partial charge in [-0.25, -0.2) is 0 Å². The molecule has 52 heavy (non-hydrogen) atoms. The SMILES string of the molecule is CC1(C)c2ccc(-c3cccc(-c4c5ccccc5c(-c5ccccc5)c5ccccc45)c3)cc2-c2cc3c(ccc4c5ccccc5oc34)cc21. The number of rotatable bonds is 3. The third-order valence-electron chi connectivity index (χ3n) is 11.6. The molecule has 0 aliphatic heterocycles. The zero-order chi connectivity index (χ0) is 34.6. The van der Waals surface area contributed by atoms with E-state index in [1.807, 2.05) is 6.07 Å². The molecule has 244 valence electrons. The molecule has 1 heterocycles. The van der Waals surface area contributed by atoms with Gasteiger partial charge in [-0.3, -0.25) is 0 Å². The highest BCUT2D eigenvalue weighted by Gasteiger charge is 2.36. The van der Waals surface area contributed by atoms with Crippen LogP contribution in [-0.4, -0.2) is 0 Å². The molecule has 0 spiro atoms. The molecule has 0 amide bonds. The molecule has 1 aliphatic rings. The monoisotopic (exact) mass is 662 g/mol. The summed E-state index contributed by atoms with van der Waals surface area (Å²) < 4.78 is 6.51. The van der Waals surface area contributed by atoms with Crippen molar-refractivity contribution in [1.82, 2.24) is 0 Å². The fourth-order valence-corrected chi connectivity index (χ4v) is 9.14. The van der Waals surface area contributed by atoms with Gasteiger partial charge in [0.2, 0.25) is 0 Å². The predicted octanol–water partition coefficient (Wildman–Crippen LogP) is 14.4. The first-order valence-electron chi connectivity index (χ1n) is 18.2. The molecule has 0 fully saturated rings. The number of hydrogen-bond acceptors (Lipinski definition) is 1. The van der Waals surface area contributed by atoms with Gasteiger partial charge in [0.25, 0.3) is 0 Å². The molecule has 0 saturated carbocycles. The summed E-state index contributed by atoms with van der Waals surface area (Å²) in [5.41, 5.74) is 14.6. The summed E-state index contributed by atoms with van der Waals surface area (Å²) in [6, 6.07) is 62.4. The lowest BCUT2D eigenvalue weighted by Crippen LogP contribution is -2.14. The molecule has 1 heteroatoms. The molecule has 0 unspecified atom stereocenters. The maximum Gasteiger partial charge on any atom is 0.143 e. The third kappa shape index (κ3) is 4.11. The van der Waals surface area contributed by atoms with E-state index < -0.39 is 0 Å². The lowest BCUT2D eigenvalue weighted by Gasteiger charge is -2.22. The zero-order valence-electron chi connectivity index (χ0n) is 29.1. The first-order valence-corrected chi connectivity index (χ1v) is 18.2. The van der Waals surface area contributed by atoms with E-state index in [1.165, 1.54) is 93.3 Å². The van der Waals surface area contributed by atoms with Crippen molar-refractivity contribution in [2.75, 3.05) is 0 Å². The molecule has 1 nitrogen and oxygen atoms in total. The molecule has 1 aromatic heterocycles. The van der Waals surface area contributed by atoms with E-state index in [9.17, 15) is 0 Å². The summed E-state index contributed by atoms with van der Waals surface area (Å²) in [6.07, 6.45) is 0. The molecular formula is C51H34O. The number of fused-ring (bicyclic) bond motifs is 10. The molecular weight excluding hydrogens is 629 g/mol. The average Bonchev–Trinajstić information content (AvgIpc) is 3.68. The number of para-hydroxylation sites is 1. The lowest BCUT2D eigenvalue weighted by molar-refractivity contribution is 0.661. The van der Waals surface area contributed by atoms with E-state index in [0.717, 1.165) is 16.6 Å². The van der Waals surface area contributed by atoms with Crippen LogP contribution in [0.1, 0.15) is 25.0 Å². The van der Waals surface area contributed by atoms with E-state index >= 15 is 0 Å². The Labute approximate surface area is 302 Å². The summed E-state index contributed by atoms with van der Waals surface area (Å²) in [4.78, 5) is 0. The average molecular weight is 663 g/mol. The Morgan fingerprint density at radius 2 is 0.942 bits per heavy atom. The summed E-state index contributed by atoms with van der Waals surface area (Å²) in [7, 11) is 0. The molecule has 1 aliphatic carbocycles. The summed E-state index contributed by atoms with van der Waals surface area (Å²) in [6.45, 7) is 4.72. The Bertz CT molecular complexity index is 3030. The Balaban J connectivity index is 1.10. The molecule has 0 saturated heterocycles. The van der Waals surface area contributed by atoms with Crippen LogP contribution in [0.3, 0.4) is 0 Å². The van der Waals surface area contributed by atoms with Crippen molar-refractivity contribution in [3.05, 3.63) is 181 Å². The van der Waals surface area contributed by atoms with Crippen LogP contribution >= 0.6 is 0 Å². The minimum atomic E-state index is -0.111. The number of hydrogen-bond donors (Lipinski definition) is 0. The molecule has 11 rings (SSSR count). The van der Waals surface area contributed by atoms with Gasteiger partial charge in [-0.05, 0) is 119 Å². The predicted molar refractivity (Wildman–Crippen MR) is 220 cm³/mol. The summed E-state index contributed by atoms with van der Waals surface area (Å²) in [5.74, 6) is 0. The van der Waals surface area contributed by atoms with Crippen LogP contribution in [0.2, 0.25) is 0 Å². The second kappa shape index (κ2) is 10.8. The van der Waals surface area contributed by atoms with Crippen molar-refractivity contribution in [3.8, 4) is 44.5 Å². The molecule has 9 aromatic carbocycles. The van der Waals surface area contributed by atoms with Crippen molar-refractivity contribution < 1.29 is 4.42 Å². The van der Waals surface area contributed by atoms with Crippen LogP contribution in [0.25, 0.3) is 98.8 Å². The highest BCUT2D eigenvalue weighted by atomic mass is 16.3. The summed E-state index contributed by atoms with van der Waals surface area (Å²) >= 11 is 0. The van der Waals surface area contributed by atoms with Gasteiger partial charge in [0.05, 0.1) is 0 Å². The van der Waals surface area contributed by atoms with Crippen molar-refractivity contribution in [2.24, 2.45) is 0 Å². The van der Waals surface area contributed by atoms with Gasteiger partial charge in [-0.1, -0.05) is 147 Å². The molecule has 0 N–H and O–H groups in total. The first-order chi connectivity index (χ1) is 25.5. The molecule has 10 aromatic rings. The Kier molecular flexibility index (Phi) is 6.08. The second-order valence-electron chi connectivity index (χ2n) is 14.8. The van der Waals surface area contributed by atoms with Gasteiger partial charge < -0.3 is 4.42 Å². The Morgan fingerprint density at radius 1 is 0.365 bits per heavy atom. The highest BCUT2D eigenvalue weighted by Crippen LogP contribution is 2.52. The fourth-order valence-electron chi connectivity index (χ4n) is 9.14. The van der Waals surface area contributed by atoms with Gasteiger partial charge in [-0.2, -0.15) is 0 Å². The third-order valence-corrected chi connectivity index (χ3v) is 11.6. The second-order valence-corrected chi connectivity index (χ2v) is 14.8. The Morgan fingerprint density at radius 3 is 1.67 bits per heavy atom. The minimum absolute atomic E-state index is 0.111. The van der Waals surface area contributed by atoms with Crippen molar-refractivity contribution >= 4 is 54.3 Å². The van der Waals surface area contributed by atoms with Crippen molar-refractivity contribution in [1.29, 1.82) is 0 Å². The fraction of sp³-hybridized carbons (Fsp3) is 0.0588. The van der Waals surface area contributed by atoms with Crippen molar-refractivity contribution in [2.45, 2.75) is 19.3 Å². The summed E-state index contributed by atoms with van der Waals surface area (Å²) in [5, 5.41) is 9.81. The van der Waals surface area contributed by atoms with Gasteiger partial charge in [-0.15, -0.1) is 0 Å². The van der Waals surface area contributed by atoms with Crippen LogP contribution in [0.15, 0.2) is 174 Å². The van der Waals surface area contributed by atoms with Gasteiger partial charge in [0.15, 0.2) is 0 Å². The van der Waals surface area contributed by atoms with Gasteiger partial charge in [0, 0.05) is 21.6 Å². The minimum Gasteiger partial charge on any atom is -0.455 e. The van der Waals surface area contributed by atoms with Gasteiger partial charge in [0.1, 0.15) is 11.2 Å². The van der Waals surface area contributed by atoms with Gasteiger partial charge >= 0.3 is 0 Å². The van der Waals surface area contributed by atoms with E-state index in [4.69, 9.17) is 4.42 Å². The van der Waals surface area contributed by atoms with E-state index in [-0.39, 0.29) is 5.41 Å². The smallest absolute Gasteiger partial charge is 0.143 e. The highest BCUT2D eigenvalue weighted by molar-refractivity contribution is 6.21. The number of benzene rings is 9. The maximum atomic E-state index is 6.51. The maximum absolute atomic E-state index is 6.51.